The molecule has 0 atom stereocenters. The van der Waals surface area contributed by atoms with Gasteiger partial charge in [-0.3, -0.25) is 5.10 Å². The van der Waals surface area contributed by atoms with Crippen molar-refractivity contribution in [1.82, 2.24) is 29.9 Å². The summed E-state index contributed by atoms with van der Waals surface area (Å²) in [5, 5.41) is 13.2. The van der Waals surface area contributed by atoms with Crippen molar-refractivity contribution in [1.29, 1.82) is 0 Å². The number of para-hydroxylation sites is 1. The van der Waals surface area contributed by atoms with Crippen molar-refractivity contribution in [3.63, 3.8) is 0 Å². The molecule has 5 rings (SSSR count). The van der Waals surface area contributed by atoms with Crippen LogP contribution in [0, 0.1) is 6.92 Å². The Balaban J connectivity index is 1.51. The fourth-order valence-corrected chi connectivity index (χ4v) is 3.34. The molecule has 4 aromatic rings. The van der Waals surface area contributed by atoms with E-state index in [9.17, 15) is 0 Å². The zero-order chi connectivity index (χ0) is 18.2. The lowest BCUT2D eigenvalue weighted by Crippen LogP contribution is -2.37. The van der Waals surface area contributed by atoms with E-state index in [1.165, 1.54) is 0 Å². The van der Waals surface area contributed by atoms with Gasteiger partial charge in [0.25, 0.3) is 0 Å². The van der Waals surface area contributed by atoms with Crippen LogP contribution in [0.25, 0.3) is 28.1 Å². The van der Waals surface area contributed by atoms with Gasteiger partial charge in [-0.25, -0.2) is 14.6 Å². The van der Waals surface area contributed by atoms with Crippen LogP contribution in [0.2, 0.25) is 0 Å². The molecular formula is C19H19N7O. The molecule has 1 aliphatic heterocycles. The third kappa shape index (κ3) is 2.93. The van der Waals surface area contributed by atoms with Gasteiger partial charge in [-0.2, -0.15) is 10.2 Å². The minimum absolute atomic E-state index is 0.719. The number of aromatic amines is 1. The van der Waals surface area contributed by atoms with Crippen LogP contribution < -0.4 is 4.90 Å². The molecule has 0 spiro atoms. The summed E-state index contributed by atoms with van der Waals surface area (Å²) in [5.74, 6) is 2.37. The molecule has 0 saturated carbocycles. The number of H-pyrrole nitrogens is 1. The van der Waals surface area contributed by atoms with E-state index in [-0.39, 0.29) is 0 Å². The first-order chi connectivity index (χ1) is 13.3. The van der Waals surface area contributed by atoms with Gasteiger partial charge in [-0.15, -0.1) is 0 Å². The number of morpholine rings is 1. The minimum Gasteiger partial charge on any atom is -0.378 e. The van der Waals surface area contributed by atoms with E-state index < -0.39 is 0 Å². The maximum Gasteiger partial charge on any atom is 0.159 e. The van der Waals surface area contributed by atoms with Crippen molar-refractivity contribution in [2.24, 2.45) is 0 Å². The zero-order valence-electron chi connectivity index (χ0n) is 15.0. The van der Waals surface area contributed by atoms with Crippen LogP contribution in [0.3, 0.4) is 0 Å². The lowest BCUT2D eigenvalue weighted by Gasteiger charge is -2.28. The molecule has 0 amide bonds. The number of anilines is 1. The topological polar surface area (TPSA) is 84.8 Å². The molecule has 8 heteroatoms. The average molecular weight is 361 g/mol. The van der Waals surface area contributed by atoms with Gasteiger partial charge < -0.3 is 9.64 Å². The molecule has 1 aliphatic rings. The van der Waals surface area contributed by atoms with Gasteiger partial charge in [0.05, 0.1) is 18.7 Å². The standard InChI is InChI=1S/C19H19N7O/c1-13-20-17(25-8-10-27-11-9-25)12-18(21-13)26-7-6-16(24-26)19-14-4-2-3-5-15(14)22-23-19/h2-7,12H,8-11H2,1H3,(H,22,23). The summed E-state index contributed by atoms with van der Waals surface area (Å²) in [6, 6.07) is 12.0. The highest BCUT2D eigenvalue weighted by Gasteiger charge is 2.16. The molecule has 3 aromatic heterocycles. The fourth-order valence-electron chi connectivity index (χ4n) is 3.34. The molecule has 0 unspecified atom stereocenters. The predicted molar refractivity (Wildman–Crippen MR) is 102 cm³/mol. The monoisotopic (exact) mass is 361 g/mol. The number of aromatic nitrogens is 6. The van der Waals surface area contributed by atoms with Crippen LogP contribution >= 0.6 is 0 Å². The second kappa shape index (κ2) is 6.48. The van der Waals surface area contributed by atoms with Gasteiger partial charge in [0.1, 0.15) is 23.0 Å². The molecule has 1 aromatic carbocycles. The van der Waals surface area contributed by atoms with E-state index in [2.05, 4.69) is 25.1 Å². The van der Waals surface area contributed by atoms with Crippen molar-refractivity contribution in [2.45, 2.75) is 6.92 Å². The van der Waals surface area contributed by atoms with Crippen molar-refractivity contribution in [3.8, 4) is 17.2 Å². The summed E-state index contributed by atoms with van der Waals surface area (Å²) < 4.78 is 7.21. The Morgan fingerprint density at radius 1 is 1.04 bits per heavy atom. The Labute approximate surface area is 155 Å². The Morgan fingerprint density at radius 2 is 1.85 bits per heavy atom. The average Bonchev–Trinajstić information content (AvgIpc) is 3.35. The number of benzene rings is 1. The number of hydrogen-bond acceptors (Lipinski definition) is 6. The number of hydrogen-bond donors (Lipinski definition) is 1. The van der Waals surface area contributed by atoms with Crippen molar-refractivity contribution in [3.05, 3.63) is 48.4 Å². The van der Waals surface area contributed by atoms with Crippen LogP contribution in [0.15, 0.2) is 42.6 Å². The van der Waals surface area contributed by atoms with E-state index in [0.29, 0.717) is 0 Å². The lowest BCUT2D eigenvalue weighted by molar-refractivity contribution is 0.122. The predicted octanol–water partition coefficient (Wildman–Crippen LogP) is 2.35. The van der Waals surface area contributed by atoms with Gasteiger partial charge in [-0.1, -0.05) is 18.2 Å². The van der Waals surface area contributed by atoms with E-state index in [1.807, 2.05) is 49.5 Å². The van der Waals surface area contributed by atoms with Crippen molar-refractivity contribution in [2.75, 3.05) is 31.2 Å². The van der Waals surface area contributed by atoms with Crippen LogP contribution in [0.5, 0.6) is 0 Å². The first-order valence-electron chi connectivity index (χ1n) is 8.96. The third-order valence-corrected chi connectivity index (χ3v) is 4.68. The molecule has 0 bridgehead atoms. The molecule has 0 aliphatic carbocycles. The summed E-state index contributed by atoms with van der Waals surface area (Å²) in [4.78, 5) is 11.4. The highest BCUT2D eigenvalue weighted by atomic mass is 16.5. The normalized spacial score (nSPS) is 14.8. The van der Waals surface area contributed by atoms with Crippen LogP contribution in [-0.4, -0.2) is 56.2 Å². The summed E-state index contributed by atoms with van der Waals surface area (Å²) in [7, 11) is 0. The SMILES string of the molecule is Cc1nc(N2CCOCC2)cc(-n2ccc(-c3n[nH]c4ccccc34)n2)n1. The summed E-state index contributed by atoms with van der Waals surface area (Å²) in [6.07, 6.45) is 1.91. The van der Waals surface area contributed by atoms with Gasteiger partial charge in [0.15, 0.2) is 5.82 Å². The molecule has 8 nitrogen and oxygen atoms in total. The number of fused-ring (bicyclic) bond motifs is 1. The lowest BCUT2D eigenvalue weighted by atomic mass is 10.2. The molecule has 1 saturated heterocycles. The summed E-state index contributed by atoms with van der Waals surface area (Å²) in [5.41, 5.74) is 2.63. The third-order valence-electron chi connectivity index (χ3n) is 4.68. The zero-order valence-corrected chi connectivity index (χ0v) is 15.0. The minimum atomic E-state index is 0.719. The Bertz CT molecular complexity index is 1090. The van der Waals surface area contributed by atoms with E-state index in [4.69, 9.17) is 9.84 Å². The van der Waals surface area contributed by atoms with Crippen LogP contribution in [-0.2, 0) is 4.74 Å². The number of ether oxygens (including phenoxy) is 1. The van der Waals surface area contributed by atoms with E-state index in [1.54, 1.807) is 4.68 Å². The summed E-state index contributed by atoms with van der Waals surface area (Å²) in [6.45, 7) is 5.01. The molecule has 27 heavy (non-hydrogen) atoms. The molecule has 1 N–H and O–H groups in total. The Kier molecular flexibility index (Phi) is 3.83. The summed E-state index contributed by atoms with van der Waals surface area (Å²) >= 11 is 0. The van der Waals surface area contributed by atoms with Gasteiger partial charge in [-0.05, 0) is 19.1 Å². The second-order valence-electron chi connectivity index (χ2n) is 6.49. The highest BCUT2D eigenvalue weighted by Crippen LogP contribution is 2.25. The maximum atomic E-state index is 5.43. The Hall–Kier alpha value is -3.26. The van der Waals surface area contributed by atoms with Crippen LogP contribution in [0.4, 0.5) is 5.82 Å². The van der Waals surface area contributed by atoms with Crippen LogP contribution in [0.1, 0.15) is 5.82 Å². The first-order valence-corrected chi connectivity index (χ1v) is 8.96. The number of rotatable bonds is 3. The number of nitrogens with one attached hydrogen (secondary N) is 1. The Morgan fingerprint density at radius 3 is 2.74 bits per heavy atom. The van der Waals surface area contributed by atoms with Gasteiger partial charge in [0.2, 0.25) is 0 Å². The van der Waals surface area contributed by atoms with E-state index in [0.717, 1.165) is 66.1 Å². The molecule has 1 fully saturated rings. The van der Waals surface area contributed by atoms with Crippen molar-refractivity contribution >= 4 is 16.7 Å². The molecular weight excluding hydrogens is 342 g/mol. The smallest absolute Gasteiger partial charge is 0.159 e. The molecule has 136 valence electrons. The molecule has 4 heterocycles. The largest absolute Gasteiger partial charge is 0.378 e. The van der Waals surface area contributed by atoms with E-state index >= 15 is 0 Å². The quantitative estimate of drug-likeness (QED) is 0.603. The first kappa shape index (κ1) is 16.0. The number of nitrogens with zero attached hydrogens (tertiary/aromatic N) is 6. The second-order valence-corrected chi connectivity index (χ2v) is 6.49. The van der Waals surface area contributed by atoms with Gasteiger partial charge >= 0.3 is 0 Å². The highest BCUT2D eigenvalue weighted by molar-refractivity contribution is 5.91. The molecule has 0 radical (unpaired) electrons. The number of aryl methyl sites for hydroxylation is 1. The van der Waals surface area contributed by atoms with Gasteiger partial charge in [0, 0.05) is 30.7 Å². The fraction of sp³-hybridized carbons (Fsp3) is 0.263. The van der Waals surface area contributed by atoms with Crippen molar-refractivity contribution < 1.29 is 4.74 Å². The maximum absolute atomic E-state index is 5.43.